The van der Waals surface area contributed by atoms with Crippen molar-refractivity contribution in [1.82, 2.24) is 9.88 Å². The van der Waals surface area contributed by atoms with Crippen molar-refractivity contribution >= 4 is 11.5 Å². The van der Waals surface area contributed by atoms with E-state index in [0.29, 0.717) is 12.0 Å². The Balaban J connectivity index is 1.68. The monoisotopic (exact) mass is 295 g/mol. The molecule has 1 aromatic heterocycles. The van der Waals surface area contributed by atoms with Gasteiger partial charge in [-0.05, 0) is 49.1 Å². The number of pyridine rings is 1. The second-order valence-corrected chi connectivity index (χ2v) is 6.51. The van der Waals surface area contributed by atoms with Gasteiger partial charge in [-0.2, -0.15) is 0 Å². The molecule has 116 valence electrons. The topological polar surface area (TPSA) is 28.2 Å². The van der Waals surface area contributed by atoms with Gasteiger partial charge in [0.15, 0.2) is 0 Å². The second kappa shape index (κ2) is 6.93. The summed E-state index contributed by atoms with van der Waals surface area (Å²) in [4.78, 5) is 7.20. The van der Waals surface area contributed by atoms with E-state index in [1.807, 2.05) is 24.4 Å². The number of aromatic nitrogens is 1. The zero-order chi connectivity index (χ0) is 15.4. The van der Waals surface area contributed by atoms with Crippen LogP contribution in [0.4, 0.5) is 11.5 Å². The zero-order valence-corrected chi connectivity index (χ0v) is 13.5. The molecule has 0 saturated carbocycles. The molecule has 2 aromatic rings. The third kappa shape index (κ3) is 3.66. The molecule has 3 nitrogen and oxygen atoms in total. The van der Waals surface area contributed by atoms with E-state index in [1.165, 1.54) is 31.5 Å². The molecule has 0 radical (unpaired) electrons. The fourth-order valence-corrected chi connectivity index (χ4v) is 3.24. The summed E-state index contributed by atoms with van der Waals surface area (Å²) < 4.78 is 0. The molecule has 2 heterocycles. The highest BCUT2D eigenvalue weighted by atomic mass is 15.2. The number of hydrogen-bond acceptors (Lipinski definition) is 3. The van der Waals surface area contributed by atoms with Gasteiger partial charge in [-0.1, -0.05) is 38.1 Å². The van der Waals surface area contributed by atoms with E-state index in [2.05, 4.69) is 53.3 Å². The third-order valence-corrected chi connectivity index (χ3v) is 4.18. The molecule has 0 aliphatic carbocycles. The van der Waals surface area contributed by atoms with E-state index in [-0.39, 0.29) is 0 Å². The second-order valence-electron chi connectivity index (χ2n) is 6.51. The van der Waals surface area contributed by atoms with Gasteiger partial charge in [-0.15, -0.1) is 0 Å². The molecular weight excluding hydrogens is 270 g/mol. The molecule has 3 rings (SSSR count). The van der Waals surface area contributed by atoms with Crippen molar-refractivity contribution in [3.63, 3.8) is 0 Å². The van der Waals surface area contributed by atoms with Crippen molar-refractivity contribution in [3.05, 3.63) is 54.2 Å². The van der Waals surface area contributed by atoms with Crippen LogP contribution < -0.4 is 5.32 Å². The van der Waals surface area contributed by atoms with Crippen LogP contribution in [0, 0.1) is 5.92 Å². The Morgan fingerprint density at radius 2 is 2.00 bits per heavy atom. The molecular formula is C19H25N3. The van der Waals surface area contributed by atoms with Crippen LogP contribution in [-0.2, 0) is 0 Å². The average molecular weight is 295 g/mol. The van der Waals surface area contributed by atoms with Crippen LogP contribution >= 0.6 is 0 Å². The smallest absolute Gasteiger partial charge is 0.130 e. The fourth-order valence-electron chi connectivity index (χ4n) is 3.24. The maximum Gasteiger partial charge on any atom is 0.130 e. The van der Waals surface area contributed by atoms with E-state index in [4.69, 9.17) is 0 Å². The third-order valence-electron chi connectivity index (χ3n) is 4.18. The van der Waals surface area contributed by atoms with Crippen LogP contribution in [-0.4, -0.2) is 23.0 Å². The summed E-state index contributed by atoms with van der Waals surface area (Å²) in [6.45, 7) is 6.97. The van der Waals surface area contributed by atoms with E-state index in [9.17, 15) is 0 Å². The molecule has 0 bridgehead atoms. The summed E-state index contributed by atoms with van der Waals surface area (Å²) in [5.74, 6) is 1.62. The number of likely N-dealkylation sites (tertiary alicyclic amines) is 1. The van der Waals surface area contributed by atoms with Crippen LogP contribution in [0.5, 0.6) is 0 Å². The Morgan fingerprint density at radius 3 is 2.68 bits per heavy atom. The summed E-state index contributed by atoms with van der Waals surface area (Å²) in [6.07, 6.45) is 4.58. The molecule has 1 aromatic carbocycles. The maximum absolute atomic E-state index is 4.59. The molecule has 1 aliphatic rings. The standard InChI is InChI=1S/C19H25N3/c1-15(2)14-22-12-6-9-18(22)16-10-11-19(20-13-16)21-17-7-4-3-5-8-17/h3-5,7-8,10-11,13,15,18H,6,9,12,14H2,1-2H3,(H,20,21)/t18-/m0/s1. The largest absolute Gasteiger partial charge is 0.340 e. The quantitative estimate of drug-likeness (QED) is 0.872. The summed E-state index contributed by atoms with van der Waals surface area (Å²) in [5, 5.41) is 3.34. The van der Waals surface area contributed by atoms with Crippen molar-refractivity contribution < 1.29 is 0 Å². The van der Waals surface area contributed by atoms with Gasteiger partial charge in [-0.25, -0.2) is 4.98 Å². The van der Waals surface area contributed by atoms with Crippen LogP contribution in [0.15, 0.2) is 48.7 Å². The minimum Gasteiger partial charge on any atom is -0.340 e. The van der Waals surface area contributed by atoms with Crippen LogP contribution in [0.3, 0.4) is 0 Å². The molecule has 1 atom stereocenters. The first-order chi connectivity index (χ1) is 10.7. The normalized spacial score (nSPS) is 18.8. The highest BCUT2D eigenvalue weighted by Gasteiger charge is 2.26. The van der Waals surface area contributed by atoms with Crippen molar-refractivity contribution in [2.75, 3.05) is 18.4 Å². The van der Waals surface area contributed by atoms with Gasteiger partial charge in [-0.3, -0.25) is 4.90 Å². The number of hydrogen-bond donors (Lipinski definition) is 1. The van der Waals surface area contributed by atoms with Gasteiger partial charge >= 0.3 is 0 Å². The molecule has 1 aliphatic heterocycles. The molecule has 0 amide bonds. The summed E-state index contributed by atoms with van der Waals surface area (Å²) in [7, 11) is 0. The highest BCUT2D eigenvalue weighted by Crippen LogP contribution is 2.32. The minimum atomic E-state index is 0.542. The molecule has 1 N–H and O–H groups in total. The number of nitrogens with one attached hydrogen (secondary N) is 1. The number of nitrogens with zero attached hydrogens (tertiary/aromatic N) is 2. The van der Waals surface area contributed by atoms with Crippen LogP contribution in [0.25, 0.3) is 0 Å². The maximum atomic E-state index is 4.59. The minimum absolute atomic E-state index is 0.542. The summed E-state index contributed by atoms with van der Waals surface area (Å²) in [6, 6.07) is 15.0. The van der Waals surface area contributed by atoms with Gasteiger partial charge in [0.1, 0.15) is 5.82 Å². The lowest BCUT2D eigenvalue weighted by Crippen LogP contribution is -2.27. The Hall–Kier alpha value is -1.87. The zero-order valence-electron chi connectivity index (χ0n) is 13.5. The van der Waals surface area contributed by atoms with Crippen molar-refractivity contribution in [3.8, 4) is 0 Å². The van der Waals surface area contributed by atoms with E-state index in [0.717, 1.165) is 11.5 Å². The molecule has 0 unspecified atom stereocenters. The van der Waals surface area contributed by atoms with E-state index >= 15 is 0 Å². The van der Waals surface area contributed by atoms with Crippen LogP contribution in [0.1, 0.15) is 38.3 Å². The number of anilines is 2. The van der Waals surface area contributed by atoms with E-state index < -0.39 is 0 Å². The van der Waals surface area contributed by atoms with Crippen molar-refractivity contribution in [1.29, 1.82) is 0 Å². The molecule has 1 fully saturated rings. The lowest BCUT2D eigenvalue weighted by molar-refractivity contribution is 0.228. The Labute approximate surface area is 133 Å². The number of rotatable bonds is 5. The summed E-state index contributed by atoms with van der Waals surface area (Å²) >= 11 is 0. The molecule has 1 saturated heterocycles. The Kier molecular flexibility index (Phi) is 4.74. The first kappa shape index (κ1) is 15.0. The van der Waals surface area contributed by atoms with Gasteiger partial charge in [0.05, 0.1) is 0 Å². The Bertz CT molecular complexity index is 577. The SMILES string of the molecule is CC(C)CN1CCC[C@H]1c1ccc(Nc2ccccc2)nc1. The van der Waals surface area contributed by atoms with Crippen molar-refractivity contribution in [2.24, 2.45) is 5.92 Å². The highest BCUT2D eigenvalue weighted by molar-refractivity contribution is 5.55. The summed E-state index contributed by atoms with van der Waals surface area (Å²) in [5.41, 5.74) is 2.42. The molecule has 22 heavy (non-hydrogen) atoms. The predicted molar refractivity (Wildman–Crippen MR) is 92.3 cm³/mol. The predicted octanol–water partition coefficient (Wildman–Crippen LogP) is 4.62. The van der Waals surface area contributed by atoms with Gasteiger partial charge in [0.25, 0.3) is 0 Å². The van der Waals surface area contributed by atoms with Gasteiger partial charge < -0.3 is 5.32 Å². The first-order valence-electron chi connectivity index (χ1n) is 8.24. The molecule has 0 spiro atoms. The molecule has 3 heteroatoms. The Morgan fingerprint density at radius 1 is 1.18 bits per heavy atom. The lowest BCUT2D eigenvalue weighted by Gasteiger charge is -2.26. The van der Waals surface area contributed by atoms with Crippen LogP contribution in [0.2, 0.25) is 0 Å². The van der Waals surface area contributed by atoms with Gasteiger partial charge in [0.2, 0.25) is 0 Å². The van der Waals surface area contributed by atoms with E-state index in [1.54, 1.807) is 0 Å². The average Bonchev–Trinajstić information content (AvgIpc) is 2.96. The number of benzene rings is 1. The van der Waals surface area contributed by atoms with Crippen molar-refractivity contribution in [2.45, 2.75) is 32.7 Å². The van der Waals surface area contributed by atoms with Gasteiger partial charge in [0, 0.05) is 24.5 Å². The first-order valence-corrected chi connectivity index (χ1v) is 8.24. The lowest BCUT2D eigenvalue weighted by atomic mass is 10.1. The number of para-hydroxylation sites is 1. The fraction of sp³-hybridized carbons (Fsp3) is 0.421.